The summed E-state index contributed by atoms with van der Waals surface area (Å²) in [6.07, 6.45) is 1.95. The number of fused-ring (bicyclic) bond motifs is 1. The molecular formula is C14H15N3O3. The lowest BCUT2D eigenvalue weighted by atomic mass is 10.2. The second-order valence-corrected chi connectivity index (χ2v) is 4.28. The predicted molar refractivity (Wildman–Crippen MR) is 75.6 cm³/mol. The molecule has 0 spiro atoms. The maximum atomic E-state index is 11.8. The first-order chi connectivity index (χ1) is 9.61. The van der Waals surface area contributed by atoms with Crippen LogP contribution in [0.4, 0.5) is 10.5 Å². The van der Waals surface area contributed by atoms with E-state index in [0.717, 1.165) is 5.39 Å². The zero-order valence-corrected chi connectivity index (χ0v) is 11.0. The quantitative estimate of drug-likeness (QED) is 0.796. The summed E-state index contributed by atoms with van der Waals surface area (Å²) in [6, 6.07) is 7.64. The monoisotopic (exact) mass is 273 g/mol. The Morgan fingerprint density at radius 1 is 1.30 bits per heavy atom. The van der Waals surface area contributed by atoms with E-state index < -0.39 is 18.0 Å². The van der Waals surface area contributed by atoms with Gasteiger partial charge in [-0.1, -0.05) is 25.1 Å². The Morgan fingerprint density at radius 3 is 2.75 bits per heavy atom. The van der Waals surface area contributed by atoms with E-state index in [1.807, 2.05) is 18.2 Å². The summed E-state index contributed by atoms with van der Waals surface area (Å²) in [7, 11) is 0. The highest BCUT2D eigenvalue weighted by Crippen LogP contribution is 2.20. The van der Waals surface area contributed by atoms with E-state index >= 15 is 0 Å². The Bertz CT molecular complexity index is 637. The number of para-hydroxylation sites is 1. The molecular weight excluding hydrogens is 258 g/mol. The molecule has 2 amide bonds. The van der Waals surface area contributed by atoms with Crippen molar-refractivity contribution in [1.29, 1.82) is 0 Å². The summed E-state index contributed by atoms with van der Waals surface area (Å²) in [5.74, 6) is -1.06. The van der Waals surface area contributed by atoms with Crippen LogP contribution in [0.15, 0.2) is 36.5 Å². The van der Waals surface area contributed by atoms with Gasteiger partial charge in [-0.15, -0.1) is 0 Å². The van der Waals surface area contributed by atoms with Crippen molar-refractivity contribution >= 4 is 28.6 Å². The number of anilines is 1. The van der Waals surface area contributed by atoms with E-state index in [9.17, 15) is 9.59 Å². The zero-order valence-electron chi connectivity index (χ0n) is 11.0. The molecule has 6 heteroatoms. The zero-order chi connectivity index (χ0) is 14.5. The first-order valence-corrected chi connectivity index (χ1v) is 6.26. The largest absolute Gasteiger partial charge is 0.480 e. The molecule has 1 atom stereocenters. The van der Waals surface area contributed by atoms with Crippen LogP contribution < -0.4 is 10.6 Å². The van der Waals surface area contributed by atoms with Gasteiger partial charge in [0.15, 0.2) is 0 Å². The molecule has 0 fully saturated rings. The summed E-state index contributed by atoms with van der Waals surface area (Å²) >= 11 is 0. The number of rotatable bonds is 4. The van der Waals surface area contributed by atoms with E-state index in [4.69, 9.17) is 5.11 Å². The van der Waals surface area contributed by atoms with Crippen molar-refractivity contribution in [2.75, 3.05) is 5.32 Å². The van der Waals surface area contributed by atoms with Crippen LogP contribution in [-0.2, 0) is 4.79 Å². The van der Waals surface area contributed by atoms with Crippen LogP contribution in [0.1, 0.15) is 13.3 Å². The van der Waals surface area contributed by atoms with E-state index in [1.54, 1.807) is 25.3 Å². The summed E-state index contributed by atoms with van der Waals surface area (Å²) in [4.78, 5) is 26.9. The number of benzene rings is 1. The molecule has 6 nitrogen and oxygen atoms in total. The normalized spacial score (nSPS) is 11.8. The van der Waals surface area contributed by atoms with Gasteiger partial charge in [0.25, 0.3) is 0 Å². The highest BCUT2D eigenvalue weighted by molar-refractivity contribution is 6.00. The van der Waals surface area contributed by atoms with Crippen molar-refractivity contribution in [3.63, 3.8) is 0 Å². The number of hydrogen-bond donors (Lipinski definition) is 3. The molecule has 0 aliphatic heterocycles. The molecule has 2 rings (SSSR count). The fourth-order valence-corrected chi connectivity index (χ4v) is 1.86. The van der Waals surface area contributed by atoms with Crippen molar-refractivity contribution in [3.8, 4) is 0 Å². The number of aromatic nitrogens is 1. The minimum atomic E-state index is -1.06. The lowest BCUT2D eigenvalue weighted by Gasteiger charge is -2.13. The summed E-state index contributed by atoms with van der Waals surface area (Å²) < 4.78 is 0. The van der Waals surface area contributed by atoms with Crippen LogP contribution in [0, 0.1) is 0 Å². The second-order valence-electron chi connectivity index (χ2n) is 4.28. The molecule has 3 N–H and O–H groups in total. The molecule has 0 saturated carbocycles. The van der Waals surface area contributed by atoms with Crippen LogP contribution in [0.2, 0.25) is 0 Å². The summed E-state index contributed by atoms with van der Waals surface area (Å²) in [5, 5.41) is 14.8. The Balaban J connectivity index is 2.16. The molecule has 2 aromatic rings. The molecule has 0 saturated heterocycles. The Labute approximate surface area is 115 Å². The first-order valence-electron chi connectivity index (χ1n) is 6.26. The van der Waals surface area contributed by atoms with Crippen molar-refractivity contribution in [1.82, 2.24) is 10.3 Å². The van der Waals surface area contributed by atoms with E-state index in [2.05, 4.69) is 15.6 Å². The standard InChI is InChI=1S/C14H15N3O3/c1-2-10(13(18)19)16-14(20)17-11-7-3-5-9-6-4-8-15-12(9)11/h3-8,10H,2H2,1H3,(H,18,19)(H2,16,17,20). The number of amides is 2. The smallest absolute Gasteiger partial charge is 0.326 e. The third kappa shape index (κ3) is 3.03. The molecule has 104 valence electrons. The number of aliphatic carboxylic acids is 1. The lowest BCUT2D eigenvalue weighted by Crippen LogP contribution is -2.42. The SMILES string of the molecule is CCC(NC(=O)Nc1cccc2cccnc12)C(=O)O. The van der Waals surface area contributed by atoms with Gasteiger partial charge in [-0.3, -0.25) is 4.98 Å². The molecule has 1 unspecified atom stereocenters. The maximum absolute atomic E-state index is 11.8. The highest BCUT2D eigenvalue weighted by atomic mass is 16.4. The number of nitrogens with one attached hydrogen (secondary N) is 2. The van der Waals surface area contributed by atoms with Crippen LogP contribution >= 0.6 is 0 Å². The number of carbonyl (C=O) groups excluding carboxylic acids is 1. The molecule has 1 aromatic carbocycles. The van der Waals surface area contributed by atoms with Gasteiger partial charge in [0, 0.05) is 11.6 Å². The fraction of sp³-hybridized carbons (Fsp3) is 0.214. The van der Waals surface area contributed by atoms with Gasteiger partial charge in [0.05, 0.1) is 11.2 Å². The molecule has 0 radical (unpaired) electrons. The highest BCUT2D eigenvalue weighted by Gasteiger charge is 2.17. The van der Waals surface area contributed by atoms with Crippen molar-refractivity contribution in [2.45, 2.75) is 19.4 Å². The van der Waals surface area contributed by atoms with Gasteiger partial charge in [0.1, 0.15) is 6.04 Å². The van der Waals surface area contributed by atoms with Crippen LogP contribution in [0.3, 0.4) is 0 Å². The number of carboxylic acid groups (broad SMARTS) is 1. The van der Waals surface area contributed by atoms with Crippen LogP contribution in [0.5, 0.6) is 0 Å². The molecule has 0 bridgehead atoms. The topological polar surface area (TPSA) is 91.3 Å². The predicted octanol–water partition coefficient (Wildman–Crippen LogP) is 2.22. The minimum Gasteiger partial charge on any atom is -0.480 e. The van der Waals surface area contributed by atoms with Crippen LogP contribution in [-0.4, -0.2) is 28.1 Å². The summed E-state index contributed by atoms with van der Waals surface area (Å²) in [6.45, 7) is 1.69. The Hall–Kier alpha value is -2.63. The third-order valence-corrected chi connectivity index (χ3v) is 2.89. The molecule has 1 aromatic heterocycles. The number of nitrogens with zero attached hydrogens (tertiary/aromatic N) is 1. The first kappa shape index (κ1) is 13.8. The average Bonchev–Trinajstić information content (AvgIpc) is 2.45. The minimum absolute atomic E-state index is 0.316. The van der Waals surface area contributed by atoms with E-state index in [-0.39, 0.29) is 0 Å². The molecule has 1 heterocycles. The third-order valence-electron chi connectivity index (χ3n) is 2.89. The maximum Gasteiger partial charge on any atom is 0.326 e. The van der Waals surface area contributed by atoms with Crippen molar-refractivity contribution in [2.24, 2.45) is 0 Å². The van der Waals surface area contributed by atoms with Gasteiger partial charge < -0.3 is 15.7 Å². The molecule has 20 heavy (non-hydrogen) atoms. The van der Waals surface area contributed by atoms with Gasteiger partial charge in [0.2, 0.25) is 0 Å². The lowest BCUT2D eigenvalue weighted by molar-refractivity contribution is -0.139. The summed E-state index contributed by atoms with van der Waals surface area (Å²) in [5.41, 5.74) is 1.20. The van der Waals surface area contributed by atoms with E-state index in [1.165, 1.54) is 0 Å². The Morgan fingerprint density at radius 2 is 2.05 bits per heavy atom. The van der Waals surface area contributed by atoms with Gasteiger partial charge >= 0.3 is 12.0 Å². The van der Waals surface area contributed by atoms with Gasteiger partial charge in [-0.05, 0) is 18.6 Å². The fourth-order valence-electron chi connectivity index (χ4n) is 1.86. The van der Waals surface area contributed by atoms with Crippen LogP contribution in [0.25, 0.3) is 10.9 Å². The van der Waals surface area contributed by atoms with Crippen molar-refractivity contribution < 1.29 is 14.7 Å². The molecule has 0 aliphatic rings. The van der Waals surface area contributed by atoms with Crippen molar-refractivity contribution in [3.05, 3.63) is 36.5 Å². The average molecular weight is 273 g/mol. The molecule has 0 aliphatic carbocycles. The number of carboxylic acids is 1. The van der Waals surface area contributed by atoms with Gasteiger partial charge in [-0.25, -0.2) is 9.59 Å². The Kier molecular flexibility index (Phi) is 4.14. The number of hydrogen-bond acceptors (Lipinski definition) is 3. The number of pyridine rings is 1. The second kappa shape index (κ2) is 6.01. The number of carbonyl (C=O) groups is 2. The number of urea groups is 1. The van der Waals surface area contributed by atoms with Gasteiger partial charge in [-0.2, -0.15) is 0 Å². The van der Waals surface area contributed by atoms with E-state index in [0.29, 0.717) is 17.6 Å².